The predicted molar refractivity (Wildman–Crippen MR) is 151 cm³/mol. The summed E-state index contributed by atoms with van der Waals surface area (Å²) in [4.78, 5) is 53.6. The highest BCUT2D eigenvalue weighted by Gasteiger charge is 2.29. The van der Waals surface area contributed by atoms with Crippen LogP contribution in [0.1, 0.15) is 44.6 Å². The molecule has 0 radical (unpaired) electrons. The number of rotatable bonds is 17. The van der Waals surface area contributed by atoms with E-state index in [4.69, 9.17) is 22.6 Å². The summed E-state index contributed by atoms with van der Waals surface area (Å²) in [6.07, 6.45) is 3.98. The van der Waals surface area contributed by atoms with Crippen molar-refractivity contribution in [3.63, 3.8) is 0 Å². The molecule has 0 fully saturated rings. The van der Waals surface area contributed by atoms with Crippen molar-refractivity contribution in [2.24, 2.45) is 17.2 Å². The summed E-state index contributed by atoms with van der Waals surface area (Å²) in [7, 11) is 0. The van der Waals surface area contributed by atoms with Gasteiger partial charge < -0.3 is 48.6 Å². The first-order chi connectivity index (χ1) is 19.0. The standard InChI is InChI=1S/C26H41N9O5/c1-15(22(36)34-20(25(39)40)10-4-5-11-27)33-24(38)21(13-16-14-32-19-9-3-2-7-17(16)19)35-23(37)18(28)8-6-12-31-26(29)30/h2-3,7,9,14-15,18,20-21,32H,4-6,8,10-13,27-28H2,1H3,(H,33,38)(H,34,36)(H,35,37)(H,39,40)(H4,29,30,31)/t15-,18-,20-,21-/m0/s1. The van der Waals surface area contributed by atoms with Crippen LogP contribution in [-0.2, 0) is 25.6 Å². The highest BCUT2D eigenvalue weighted by atomic mass is 16.4. The fraction of sp³-hybridized carbons (Fsp3) is 0.500. The molecule has 14 heteroatoms. The van der Waals surface area contributed by atoms with Crippen LogP contribution >= 0.6 is 0 Å². The molecular formula is C26H41N9O5. The van der Waals surface area contributed by atoms with Gasteiger partial charge in [0.25, 0.3) is 0 Å². The first kappa shape index (κ1) is 32.0. The highest BCUT2D eigenvalue weighted by molar-refractivity contribution is 5.94. The number of carbonyl (C=O) groups is 4. The Balaban J connectivity index is 2.11. The van der Waals surface area contributed by atoms with Crippen LogP contribution in [0.4, 0.5) is 0 Å². The van der Waals surface area contributed by atoms with Crippen LogP contribution in [0.3, 0.4) is 0 Å². The second-order valence-corrected chi connectivity index (χ2v) is 9.63. The topological polar surface area (TPSA) is 254 Å². The number of benzene rings is 1. The van der Waals surface area contributed by atoms with E-state index < -0.39 is 47.9 Å². The van der Waals surface area contributed by atoms with Crippen molar-refractivity contribution in [2.75, 3.05) is 13.1 Å². The van der Waals surface area contributed by atoms with Crippen molar-refractivity contribution in [1.82, 2.24) is 26.3 Å². The Kier molecular flexibility index (Phi) is 12.9. The molecule has 4 atom stereocenters. The number of aromatic amines is 1. The SMILES string of the molecule is C[C@H](NC(=O)[C@H](Cc1c[nH]c2ccccc12)NC(=O)[C@@H](N)CCCNC(=N)N)C(=O)N[C@@H](CCCCN)C(=O)O. The van der Waals surface area contributed by atoms with Crippen molar-refractivity contribution in [3.05, 3.63) is 36.0 Å². The average molecular weight is 560 g/mol. The summed E-state index contributed by atoms with van der Waals surface area (Å²) >= 11 is 0. The molecule has 13 N–H and O–H groups in total. The van der Waals surface area contributed by atoms with Gasteiger partial charge in [0.2, 0.25) is 17.7 Å². The van der Waals surface area contributed by atoms with Gasteiger partial charge in [0, 0.05) is 30.1 Å². The Morgan fingerprint density at radius 1 is 0.975 bits per heavy atom. The van der Waals surface area contributed by atoms with Crippen molar-refractivity contribution in [2.45, 2.75) is 69.6 Å². The molecule has 2 aromatic rings. The lowest BCUT2D eigenvalue weighted by molar-refractivity contribution is -0.142. The lowest BCUT2D eigenvalue weighted by Gasteiger charge is -2.23. The maximum Gasteiger partial charge on any atom is 0.326 e. The normalized spacial score (nSPS) is 14.0. The van der Waals surface area contributed by atoms with E-state index in [2.05, 4.69) is 26.3 Å². The Labute approximate surface area is 232 Å². The summed E-state index contributed by atoms with van der Waals surface area (Å²) in [5.41, 5.74) is 18.4. The molecule has 2 rings (SSSR count). The minimum Gasteiger partial charge on any atom is -0.480 e. The molecule has 1 aromatic heterocycles. The van der Waals surface area contributed by atoms with Crippen LogP contribution in [0.25, 0.3) is 10.9 Å². The number of nitrogens with two attached hydrogens (primary N) is 3. The van der Waals surface area contributed by atoms with Gasteiger partial charge in [-0.25, -0.2) is 4.79 Å². The second kappa shape index (κ2) is 16.1. The molecule has 0 spiro atoms. The van der Waals surface area contributed by atoms with Crippen molar-refractivity contribution >= 4 is 40.6 Å². The van der Waals surface area contributed by atoms with Gasteiger partial charge in [0.1, 0.15) is 18.1 Å². The fourth-order valence-electron chi connectivity index (χ4n) is 4.11. The quantitative estimate of drug-likeness (QED) is 0.0646. The molecule has 0 saturated heterocycles. The Morgan fingerprint density at radius 3 is 2.35 bits per heavy atom. The number of carbonyl (C=O) groups excluding carboxylic acids is 3. The monoisotopic (exact) mass is 559 g/mol. The molecule has 0 unspecified atom stereocenters. The number of H-pyrrole nitrogens is 1. The third kappa shape index (κ3) is 10.2. The smallest absolute Gasteiger partial charge is 0.326 e. The first-order valence-electron chi connectivity index (χ1n) is 13.3. The molecule has 14 nitrogen and oxygen atoms in total. The number of aliphatic carboxylic acids is 1. The molecule has 0 bridgehead atoms. The van der Waals surface area contributed by atoms with Crippen molar-refractivity contribution < 1.29 is 24.3 Å². The molecule has 40 heavy (non-hydrogen) atoms. The molecule has 220 valence electrons. The lowest BCUT2D eigenvalue weighted by Crippen LogP contribution is -2.56. The van der Waals surface area contributed by atoms with E-state index in [0.29, 0.717) is 32.4 Å². The number of fused-ring (bicyclic) bond motifs is 1. The number of guanidine groups is 1. The zero-order valence-electron chi connectivity index (χ0n) is 22.7. The molecule has 0 aliphatic heterocycles. The van der Waals surface area contributed by atoms with Gasteiger partial charge in [0.05, 0.1) is 6.04 Å². The fourth-order valence-corrected chi connectivity index (χ4v) is 4.11. The van der Waals surface area contributed by atoms with Crippen LogP contribution in [-0.4, -0.2) is 77.0 Å². The molecule has 0 aliphatic rings. The third-order valence-electron chi connectivity index (χ3n) is 6.39. The molecular weight excluding hydrogens is 518 g/mol. The second-order valence-electron chi connectivity index (χ2n) is 9.63. The van der Waals surface area contributed by atoms with Crippen LogP contribution in [0.2, 0.25) is 0 Å². The molecule has 1 heterocycles. The summed E-state index contributed by atoms with van der Waals surface area (Å²) in [5, 5.41) is 27.9. The Morgan fingerprint density at radius 2 is 1.68 bits per heavy atom. The van der Waals surface area contributed by atoms with E-state index >= 15 is 0 Å². The van der Waals surface area contributed by atoms with Crippen LogP contribution in [0.5, 0.6) is 0 Å². The Bertz CT molecular complexity index is 1170. The minimum absolute atomic E-state index is 0.116. The predicted octanol–water partition coefficient (Wildman–Crippen LogP) is -1.01. The average Bonchev–Trinajstić information content (AvgIpc) is 3.32. The van der Waals surface area contributed by atoms with E-state index in [0.717, 1.165) is 16.5 Å². The van der Waals surface area contributed by atoms with Crippen molar-refractivity contribution in [1.29, 1.82) is 5.41 Å². The van der Waals surface area contributed by atoms with Gasteiger partial charge in [-0.05, 0) is 57.2 Å². The summed E-state index contributed by atoms with van der Waals surface area (Å²) in [6.45, 7) is 2.21. The van der Waals surface area contributed by atoms with Crippen LogP contribution in [0.15, 0.2) is 30.5 Å². The first-order valence-corrected chi connectivity index (χ1v) is 13.3. The molecule has 0 saturated carbocycles. The number of amides is 3. The maximum atomic E-state index is 13.3. The Hall–Kier alpha value is -4.17. The lowest BCUT2D eigenvalue weighted by atomic mass is 10.0. The molecule has 0 aliphatic carbocycles. The zero-order chi connectivity index (χ0) is 29.7. The number of hydrogen-bond acceptors (Lipinski definition) is 7. The van der Waals surface area contributed by atoms with Gasteiger partial charge in [-0.1, -0.05) is 18.2 Å². The number of carboxylic acids is 1. The number of nitrogens with one attached hydrogen (secondary N) is 6. The van der Waals surface area contributed by atoms with E-state index in [1.54, 1.807) is 6.20 Å². The largest absolute Gasteiger partial charge is 0.480 e. The van der Waals surface area contributed by atoms with Crippen molar-refractivity contribution in [3.8, 4) is 0 Å². The van der Waals surface area contributed by atoms with Gasteiger partial charge in [-0.15, -0.1) is 0 Å². The number of carboxylic acid groups (broad SMARTS) is 1. The minimum atomic E-state index is -1.18. The zero-order valence-corrected chi connectivity index (χ0v) is 22.7. The highest BCUT2D eigenvalue weighted by Crippen LogP contribution is 2.19. The van der Waals surface area contributed by atoms with Gasteiger partial charge in [-0.3, -0.25) is 19.8 Å². The van der Waals surface area contributed by atoms with Crippen LogP contribution in [0, 0.1) is 5.41 Å². The maximum absolute atomic E-state index is 13.3. The number of aromatic nitrogens is 1. The third-order valence-corrected chi connectivity index (χ3v) is 6.39. The molecule has 1 aromatic carbocycles. The number of para-hydroxylation sites is 1. The van der Waals surface area contributed by atoms with Gasteiger partial charge in [-0.2, -0.15) is 0 Å². The number of unbranched alkanes of at least 4 members (excludes halogenated alkanes) is 1. The van der Waals surface area contributed by atoms with E-state index in [-0.39, 0.29) is 25.2 Å². The number of hydrogen-bond donors (Lipinski definition) is 10. The molecule has 3 amide bonds. The summed E-state index contributed by atoms with van der Waals surface area (Å²) in [6, 6.07) is 3.33. The van der Waals surface area contributed by atoms with Gasteiger partial charge >= 0.3 is 5.97 Å². The van der Waals surface area contributed by atoms with Gasteiger partial charge in [0.15, 0.2) is 5.96 Å². The van der Waals surface area contributed by atoms with E-state index in [1.807, 2.05) is 24.3 Å². The van der Waals surface area contributed by atoms with E-state index in [9.17, 15) is 24.3 Å². The van der Waals surface area contributed by atoms with Crippen LogP contribution < -0.4 is 38.5 Å². The summed E-state index contributed by atoms with van der Waals surface area (Å²) < 4.78 is 0. The summed E-state index contributed by atoms with van der Waals surface area (Å²) in [5.74, 6) is -3.20. The van der Waals surface area contributed by atoms with E-state index in [1.165, 1.54) is 6.92 Å².